The number of fused-ring (bicyclic) bond motifs is 2. The van der Waals surface area contributed by atoms with Crippen LogP contribution in [0, 0.1) is 0 Å². The second-order valence-corrected chi connectivity index (χ2v) is 7.76. The zero-order valence-electron chi connectivity index (χ0n) is 19.4. The summed E-state index contributed by atoms with van der Waals surface area (Å²) in [6.07, 6.45) is 0. The largest absolute Gasteiger partial charge is 0.492 e. The fourth-order valence-corrected chi connectivity index (χ4v) is 3.24. The molecule has 2 aliphatic rings. The van der Waals surface area contributed by atoms with Crippen LogP contribution in [0.5, 0.6) is 11.5 Å². The fraction of sp³-hybridized carbons (Fsp3) is 0.391. The molecule has 0 fully saturated rings. The summed E-state index contributed by atoms with van der Waals surface area (Å²) in [7, 11) is 1.37. The molecule has 0 saturated carbocycles. The van der Waals surface area contributed by atoms with Crippen LogP contribution in [0.15, 0.2) is 36.4 Å². The van der Waals surface area contributed by atoms with Crippen LogP contribution in [0.25, 0.3) is 0 Å². The number of esters is 1. The molecule has 0 bridgehead atoms. The van der Waals surface area contributed by atoms with E-state index in [1.165, 1.54) is 7.11 Å². The van der Waals surface area contributed by atoms with Crippen LogP contribution < -0.4 is 25.6 Å². The molecule has 0 aromatic heterocycles. The van der Waals surface area contributed by atoms with Crippen LogP contribution in [0.3, 0.4) is 0 Å². The fourth-order valence-electron chi connectivity index (χ4n) is 3.24. The molecule has 0 aliphatic carbocycles. The molecule has 2 aromatic carbocycles. The van der Waals surface area contributed by atoms with Gasteiger partial charge in [-0.3, -0.25) is 10.0 Å². The van der Waals surface area contributed by atoms with Gasteiger partial charge < -0.3 is 24.8 Å². The quantitative estimate of drug-likeness (QED) is 0.276. The lowest BCUT2D eigenvalue weighted by atomic mass is 10.1. The Morgan fingerprint density at radius 3 is 1.85 bits per heavy atom. The van der Waals surface area contributed by atoms with Crippen LogP contribution in [0.2, 0.25) is 0 Å². The number of hydrogen-bond donors (Lipinski definition) is 4. The van der Waals surface area contributed by atoms with E-state index >= 15 is 0 Å². The predicted molar refractivity (Wildman–Crippen MR) is 138 cm³/mol. The second-order valence-electron chi connectivity index (χ2n) is 7.76. The first-order valence-corrected chi connectivity index (χ1v) is 10.4. The maximum atomic E-state index is 11.4. The van der Waals surface area contributed by atoms with Crippen LogP contribution in [-0.4, -0.2) is 49.5 Å². The van der Waals surface area contributed by atoms with Crippen molar-refractivity contribution in [3.05, 3.63) is 58.7 Å². The number of benzene rings is 2. The van der Waals surface area contributed by atoms with Crippen LogP contribution in [0.1, 0.15) is 45.7 Å². The highest BCUT2D eigenvalue weighted by Gasteiger charge is 2.16. The van der Waals surface area contributed by atoms with Gasteiger partial charge in [-0.1, -0.05) is 12.1 Å². The number of amides is 1. The van der Waals surface area contributed by atoms with E-state index < -0.39 is 5.91 Å². The Morgan fingerprint density at radius 1 is 0.912 bits per heavy atom. The predicted octanol–water partition coefficient (Wildman–Crippen LogP) is 2.25. The molecule has 0 radical (unpaired) electrons. The van der Waals surface area contributed by atoms with Crippen molar-refractivity contribution in [1.82, 2.24) is 16.1 Å². The van der Waals surface area contributed by atoms with E-state index in [4.69, 9.17) is 14.7 Å². The normalized spacial score (nSPS) is 18.1. The van der Waals surface area contributed by atoms with Gasteiger partial charge in [0.25, 0.3) is 5.91 Å². The third-order valence-corrected chi connectivity index (χ3v) is 5.18. The number of nitrogens with one attached hydrogen (secondary N) is 3. The summed E-state index contributed by atoms with van der Waals surface area (Å²) in [6, 6.07) is 11.1. The summed E-state index contributed by atoms with van der Waals surface area (Å²) >= 11 is 0. The molecule has 34 heavy (non-hydrogen) atoms. The maximum Gasteiger partial charge on any atom is 0.337 e. The van der Waals surface area contributed by atoms with E-state index in [1.54, 1.807) is 29.7 Å². The standard InChI is InChI=1S/C12H15NO3.C11H14N2O3.2H2S/c1-8-7-16-11-5-9(12(14)15-2)3-4-10(11)6-13-8;1-7-6-16-10-4-8(11(14)13-15)2-3-9(10)5-12-7;;/h3-5,8,13H,6-7H2,1-2H3;2-4,7,12,15H,5-6H2,1H3,(H,13,14);2*1H2/t8-;7-;;/m00../s1. The Balaban J connectivity index is 0.000000321. The van der Waals surface area contributed by atoms with Gasteiger partial charge in [0, 0.05) is 41.9 Å². The number of rotatable bonds is 2. The van der Waals surface area contributed by atoms with Gasteiger partial charge in [0.05, 0.1) is 12.7 Å². The Hall–Kier alpha value is -2.44. The Labute approximate surface area is 213 Å². The van der Waals surface area contributed by atoms with E-state index in [0.717, 1.165) is 30.0 Å². The highest BCUT2D eigenvalue weighted by Crippen LogP contribution is 2.24. The van der Waals surface area contributed by atoms with Crippen LogP contribution in [-0.2, 0) is 17.8 Å². The third kappa shape index (κ3) is 7.81. The Morgan fingerprint density at radius 2 is 1.38 bits per heavy atom. The van der Waals surface area contributed by atoms with Crippen molar-refractivity contribution in [2.45, 2.75) is 39.0 Å². The number of carbonyl (C=O) groups is 2. The maximum absolute atomic E-state index is 11.4. The van der Waals surface area contributed by atoms with Gasteiger partial charge in [-0.2, -0.15) is 27.0 Å². The SMILES string of the molecule is COC(=O)c1ccc2c(c1)OC[C@H](C)NC2.C[C@H]1COc2cc(C(=O)NO)ccc2CN1.S.S. The topological polar surface area (TPSA) is 118 Å². The number of ether oxygens (including phenoxy) is 3. The monoisotopic (exact) mass is 511 g/mol. The molecule has 11 heteroatoms. The summed E-state index contributed by atoms with van der Waals surface area (Å²) in [4.78, 5) is 22.6. The molecule has 0 unspecified atom stereocenters. The van der Waals surface area contributed by atoms with Crippen LogP contribution in [0.4, 0.5) is 0 Å². The molecule has 9 nitrogen and oxygen atoms in total. The van der Waals surface area contributed by atoms with E-state index in [2.05, 4.69) is 22.3 Å². The molecule has 2 aliphatic heterocycles. The number of hydrogen-bond acceptors (Lipinski definition) is 8. The van der Waals surface area contributed by atoms with Crippen molar-refractivity contribution in [1.29, 1.82) is 0 Å². The molecule has 4 rings (SSSR count). The average Bonchev–Trinajstić information content (AvgIpc) is 3.13. The highest BCUT2D eigenvalue weighted by molar-refractivity contribution is 7.59. The Kier molecular flexibility index (Phi) is 12.2. The first-order chi connectivity index (χ1) is 15.4. The van der Waals surface area contributed by atoms with Gasteiger partial charge in [-0.15, -0.1) is 0 Å². The molecular formula is C23H33N3O6S2. The average molecular weight is 512 g/mol. The van der Waals surface area contributed by atoms with Crippen molar-refractivity contribution >= 4 is 38.9 Å². The zero-order chi connectivity index (χ0) is 23.1. The van der Waals surface area contributed by atoms with Crippen molar-refractivity contribution in [3.8, 4) is 11.5 Å². The van der Waals surface area contributed by atoms with Gasteiger partial charge in [0.2, 0.25) is 0 Å². The molecule has 2 heterocycles. The molecule has 188 valence electrons. The van der Waals surface area contributed by atoms with E-state index in [9.17, 15) is 9.59 Å². The number of hydroxylamine groups is 1. The smallest absolute Gasteiger partial charge is 0.337 e. The summed E-state index contributed by atoms with van der Waals surface area (Å²) in [5.41, 5.74) is 4.59. The van der Waals surface area contributed by atoms with Gasteiger partial charge in [-0.05, 0) is 38.1 Å². The summed E-state index contributed by atoms with van der Waals surface area (Å²) < 4.78 is 15.9. The first kappa shape index (κ1) is 29.6. The zero-order valence-corrected chi connectivity index (χ0v) is 21.4. The Bertz CT molecular complexity index is 898. The molecule has 1 amide bonds. The minimum Gasteiger partial charge on any atom is -0.492 e. The van der Waals surface area contributed by atoms with Crippen molar-refractivity contribution in [2.75, 3.05) is 20.3 Å². The number of methoxy groups -OCH3 is 1. The molecule has 0 saturated heterocycles. The summed E-state index contributed by atoms with van der Waals surface area (Å²) in [5.74, 6) is 0.589. The van der Waals surface area contributed by atoms with Crippen LogP contribution >= 0.6 is 27.0 Å². The molecule has 2 aromatic rings. The number of carbonyl (C=O) groups excluding carboxylic acids is 2. The third-order valence-electron chi connectivity index (χ3n) is 5.18. The minimum absolute atomic E-state index is 0. The summed E-state index contributed by atoms with van der Waals surface area (Å²) in [6.45, 7) is 6.75. The molecular weight excluding hydrogens is 478 g/mol. The van der Waals surface area contributed by atoms with Gasteiger partial charge >= 0.3 is 5.97 Å². The van der Waals surface area contributed by atoms with Gasteiger partial charge in [0.15, 0.2) is 0 Å². The van der Waals surface area contributed by atoms with E-state index in [0.29, 0.717) is 36.1 Å². The molecule has 2 atom stereocenters. The first-order valence-electron chi connectivity index (χ1n) is 10.4. The molecule has 0 spiro atoms. The lowest BCUT2D eigenvalue weighted by Gasteiger charge is -2.08. The minimum atomic E-state index is -0.531. The molecule has 4 N–H and O–H groups in total. The summed E-state index contributed by atoms with van der Waals surface area (Å²) in [5, 5.41) is 15.1. The van der Waals surface area contributed by atoms with Gasteiger partial charge in [0.1, 0.15) is 24.7 Å². The van der Waals surface area contributed by atoms with Crippen molar-refractivity contribution < 1.29 is 29.0 Å². The van der Waals surface area contributed by atoms with E-state index in [-0.39, 0.29) is 39.0 Å². The van der Waals surface area contributed by atoms with Crippen molar-refractivity contribution in [3.63, 3.8) is 0 Å². The van der Waals surface area contributed by atoms with E-state index in [1.807, 2.05) is 19.1 Å². The van der Waals surface area contributed by atoms with Gasteiger partial charge in [-0.25, -0.2) is 10.3 Å². The van der Waals surface area contributed by atoms with Crippen molar-refractivity contribution in [2.24, 2.45) is 0 Å². The second kappa shape index (κ2) is 14.1. The lowest BCUT2D eigenvalue weighted by Crippen LogP contribution is -2.28. The lowest BCUT2D eigenvalue weighted by molar-refractivity contribution is 0.0600. The highest BCUT2D eigenvalue weighted by atomic mass is 32.1.